The van der Waals surface area contributed by atoms with Crippen molar-refractivity contribution in [3.05, 3.63) is 72.3 Å². The van der Waals surface area contributed by atoms with Gasteiger partial charge in [0.05, 0.1) is 11.4 Å². The first kappa shape index (κ1) is 16.3. The van der Waals surface area contributed by atoms with Gasteiger partial charge in [0.15, 0.2) is 11.3 Å². The maximum Gasteiger partial charge on any atom is 0.433 e. The minimum absolute atomic E-state index is 0.176. The van der Waals surface area contributed by atoms with Gasteiger partial charge < -0.3 is 0 Å². The topological polar surface area (TPSA) is 43.1 Å². The van der Waals surface area contributed by atoms with Crippen LogP contribution in [0.2, 0.25) is 0 Å². The van der Waals surface area contributed by atoms with Crippen LogP contribution in [-0.4, -0.2) is 19.6 Å². The molecule has 3 aromatic heterocycles. The molecule has 0 radical (unpaired) electrons. The molecule has 3 heterocycles. The molecule has 4 rings (SSSR count). The lowest BCUT2D eigenvalue weighted by Crippen LogP contribution is -2.13. The van der Waals surface area contributed by atoms with E-state index in [0.717, 1.165) is 16.1 Å². The number of alkyl halides is 3. The van der Waals surface area contributed by atoms with E-state index >= 15 is 0 Å². The number of benzene rings is 1. The van der Waals surface area contributed by atoms with Crippen molar-refractivity contribution in [3.8, 4) is 22.4 Å². The van der Waals surface area contributed by atoms with Crippen LogP contribution >= 0.6 is 0 Å². The van der Waals surface area contributed by atoms with E-state index in [4.69, 9.17) is 0 Å². The van der Waals surface area contributed by atoms with Gasteiger partial charge in [-0.2, -0.15) is 18.3 Å². The van der Waals surface area contributed by atoms with Crippen LogP contribution in [0.1, 0.15) is 11.4 Å². The first-order valence-electron chi connectivity index (χ1n) is 7.88. The average Bonchev–Trinajstić information content (AvgIpc) is 2.97. The van der Waals surface area contributed by atoms with Gasteiger partial charge in [0.1, 0.15) is 0 Å². The van der Waals surface area contributed by atoms with Gasteiger partial charge in [0, 0.05) is 23.5 Å². The van der Waals surface area contributed by atoms with E-state index in [-0.39, 0.29) is 11.3 Å². The van der Waals surface area contributed by atoms with E-state index in [1.165, 1.54) is 12.4 Å². The summed E-state index contributed by atoms with van der Waals surface area (Å²) >= 11 is 0. The van der Waals surface area contributed by atoms with E-state index in [1.807, 2.05) is 30.3 Å². The minimum atomic E-state index is -4.56. The Morgan fingerprint density at radius 1 is 0.923 bits per heavy atom. The number of pyridine rings is 1. The smallest absolute Gasteiger partial charge is 0.265 e. The van der Waals surface area contributed by atoms with E-state index in [2.05, 4.69) is 15.1 Å². The molecule has 0 unspecified atom stereocenters. The summed E-state index contributed by atoms with van der Waals surface area (Å²) < 4.78 is 41.8. The molecular weight excluding hydrogens is 341 g/mol. The molecule has 4 nitrogen and oxygen atoms in total. The van der Waals surface area contributed by atoms with Crippen LogP contribution in [0.5, 0.6) is 0 Å². The van der Waals surface area contributed by atoms with Crippen molar-refractivity contribution in [1.82, 2.24) is 19.6 Å². The molecule has 26 heavy (non-hydrogen) atoms. The number of nitrogens with zero attached hydrogens (tertiary/aromatic N) is 4. The second-order valence-electron chi connectivity index (χ2n) is 5.82. The predicted octanol–water partition coefficient (Wildman–Crippen LogP) is 4.79. The zero-order valence-electron chi connectivity index (χ0n) is 13.7. The zero-order chi connectivity index (χ0) is 18.3. The average molecular weight is 354 g/mol. The van der Waals surface area contributed by atoms with Crippen LogP contribution < -0.4 is 0 Å². The largest absolute Gasteiger partial charge is 0.433 e. The molecule has 0 atom stereocenters. The van der Waals surface area contributed by atoms with Gasteiger partial charge in [-0.25, -0.2) is 9.50 Å². The lowest BCUT2D eigenvalue weighted by molar-refractivity contribution is -0.142. The fourth-order valence-corrected chi connectivity index (χ4v) is 2.94. The summed E-state index contributed by atoms with van der Waals surface area (Å²) in [6.07, 6.45) is -1.52. The third-order valence-corrected chi connectivity index (χ3v) is 4.09. The standard InChI is InChI=1S/C19H13F3N4/c1-12-17(14-5-3-2-4-6-14)18-24-15(13-7-9-23-10-8-13)11-16(19(20,21)22)26(18)25-12/h2-11H,1H3. The molecule has 0 spiro atoms. The van der Waals surface area contributed by atoms with Gasteiger partial charge in [-0.1, -0.05) is 30.3 Å². The second-order valence-corrected chi connectivity index (χ2v) is 5.82. The van der Waals surface area contributed by atoms with Crippen LogP contribution in [0.15, 0.2) is 60.9 Å². The molecule has 0 aliphatic rings. The molecule has 1 aromatic carbocycles. The Morgan fingerprint density at radius 3 is 2.27 bits per heavy atom. The van der Waals surface area contributed by atoms with E-state index in [9.17, 15) is 13.2 Å². The number of halogens is 3. The van der Waals surface area contributed by atoms with Crippen molar-refractivity contribution < 1.29 is 13.2 Å². The molecule has 0 bridgehead atoms. The maximum atomic E-state index is 13.7. The van der Waals surface area contributed by atoms with Crippen molar-refractivity contribution in [2.24, 2.45) is 0 Å². The lowest BCUT2D eigenvalue weighted by Gasteiger charge is -2.11. The highest BCUT2D eigenvalue weighted by Crippen LogP contribution is 2.35. The van der Waals surface area contributed by atoms with Gasteiger partial charge in [-0.05, 0) is 30.7 Å². The summed E-state index contributed by atoms with van der Waals surface area (Å²) in [5.41, 5.74) is 1.95. The van der Waals surface area contributed by atoms with Crippen LogP contribution in [0.25, 0.3) is 28.0 Å². The number of fused-ring (bicyclic) bond motifs is 1. The molecule has 0 aliphatic carbocycles. The number of rotatable bonds is 2. The Morgan fingerprint density at radius 2 is 1.62 bits per heavy atom. The minimum Gasteiger partial charge on any atom is -0.265 e. The molecule has 4 aromatic rings. The Balaban J connectivity index is 2.08. The molecule has 0 N–H and O–H groups in total. The van der Waals surface area contributed by atoms with Gasteiger partial charge in [-0.3, -0.25) is 4.98 Å². The first-order chi connectivity index (χ1) is 12.4. The lowest BCUT2D eigenvalue weighted by atomic mass is 10.1. The van der Waals surface area contributed by atoms with Gasteiger partial charge in [0.2, 0.25) is 0 Å². The van der Waals surface area contributed by atoms with Gasteiger partial charge in [0.25, 0.3) is 0 Å². The first-order valence-corrected chi connectivity index (χ1v) is 7.88. The number of hydrogen-bond donors (Lipinski definition) is 0. The van der Waals surface area contributed by atoms with Crippen molar-refractivity contribution in [3.63, 3.8) is 0 Å². The number of aryl methyl sites for hydroxylation is 1. The fourth-order valence-electron chi connectivity index (χ4n) is 2.94. The summed E-state index contributed by atoms with van der Waals surface area (Å²) in [6, 6.07) is 13.4. The molecule has 0 fully saturated rings. The van der Waals surface area contributed by atoms with Crippen LogP contribution in [0, 0.1) is 6.92 Å². The molecular formula is C19H13F3N4. The van der Waals surface area contributed by atoms with Crippen LogP contribution in [-0.2, 0) is 6.18 Å². The number of hydrogen-bond acceptors (Lipinski definition) is 3. The summed E-state index contributed by atoms with van der Waals surface area (Å²) in [5, 5.41) is 4.11. The molecule has 0 saturated carbocycles. The number of aromatic nitrogens is 4. The van der Waals surface area contributed by atoms with E-state index in [1.54, 1.807) is 19.1 Å². The van der Waals surface area contributed by atoms with Crippen molar-refractivity contribution in [2.45, 2.75) is 13.1 Å². The summed E-state index contributed by atoms with van der Waals surface area (Å²) in [7, 11) is 0. The fraction of sp³-hybridized carbons (Fsp3) is 0.105. The third kappa shape index (κ3) is 2.71. The molecule has 7 heteroatoms. The van der Waals surface area contributed by atoms with Gasteiger partial charge >= 0.3 is 6.18 Å². The van der Waals surface area contributed by atoms with Crippen LogP contribution in [0.4, 0.5) is 13.2 Å². The highest BCUT2D eigenvalue weighted by molar-refractivity contribution is 5.81. The van der Waals surface area contributed by atoms with Gasteiger partial charge in [-0.15, -0.1) is 0 Å². The van der Waals surface area contributed by atoms with E-state index < -0.39 is 11.9 Å². The van der Waals surface area contributed by atoms with Crippen molar-refractivity contribution >= 4 is 5.65 Å². The summed E-state index contributed by atoms with van der Waals surface area (Å²) in [6.45, 7) is 1.68. The summed E-state index contributed by atoms with van der Waals surface area (Å²) in [5.74, 6) is 0. The summed E-state index contributed by atoms with van der Waals surface area (Å²) in [4.78, 5) is 8.40. The van der Waals surface area contributed by atoms with E-state index in [0.29, 0.717) is 16.8 Å². The highest BCUT2D eigenvalue weighted by atomic mass is 19.4. The SMILES string of the molecule is Cc1nn2c(C(F)(F)F)cc(-c3ccncc3)nc2c1-c1ccccc1. The van der Waals surface area contributed by atoms with Crippen LogP contribution in [0.3, 0.4) is 0 Å². The second kappa shape index (κ2) is 5.94. The Labute approximate surface area is 147 Å². The molecule has 130 valence electrons. The normalized spacial score (nSPS) is 11.8. The molecule has 0 amide bonds. The molecule has 0 saturated heterocycles. The van der Waals surface area contributed by atoms with Crippen molar-refractivity contribution in [1.29, 1.82) is 0 Å². The Kier molecular flexibility index (Phi) is 3.72. The maximum absolute atomic E-state index is 13.7. The zero-order valence-corrected chi connectivity index (χ0v) is 13.7. The quantitative estimate of drug-likeness (QED) is 0.520. The monoisotopic (exact) mass is 354 g/mol. The van der Waals surface area contributed by atoms with Crippen molar-refractivity contribution in [2.75, 3.05) is 0 Å². The molecule has 0 aliphatic heterocycles. The Bertz CT molecular complexity index is 1070. The third-order valence-electron chi connectivity index (χ3n) is 4.09. The Hall–Kier alpha value is -3.22. The highest BCUT2D eigenvalue weighted by Gasteiger charge is 2.36. The predicted molar refractivity (Wildman–Crippen MR) is 91.4 cm³/mol.